The molecule has 3 aromatic rings. The van der Waals surface area contributed by atoms with Crippen molar-refractivity contribution >= 4 is 17.5 Å². The lowest BCUT2D eigenvalue weighted by Gasteiger charge is -2.09. The van der Waals surface area contributed by atoms with Crippen LogP contribution in [0.15, 0.2) is 79.0 Å². The first-order valence-electron chi connectivity index (χ1n) is 10.00. The number of nitrogens with one attached hydrogen (secondary N) is 2. The molecule has 3 rings (SSSR count). The first kappa shape index (κ1) is 22.0. The van der Waals surface area contributed by atoms with Gasteiger partial charge < -0.3 is 20.1 Å². The molecule has 0 spiro atoms. The lowest BCUT2D eigenvalue weighted by Crippen LogP contribution is -2.29. The van der Waals surface area contributed by atoms with E-state index in [-0.39, 0.29) is 25.0 Å². The van der Waals surface area contributed by atoms with Gasteiger partial charge in [-0.15, -0.1) is 0 Å². The van der Waals surface area contributed by atoms with Crippen molar-refractivity contribution in [2.24, 2.45) is 0 Å². The Morgan fingerprint density at radius 3 is 2.32 bits per heavy atom. The molecule has 31 heavy (non-hydrogen) atoms. The zero-order valence-electron chi connectivity index (χ0n) is 17.1. The number of hydrogen-bond acceptors (Lipinski definition) is 5. The van der Waals surface area contributed by atoms with Crippen molar-refractivity contribution in [2.75, 3.05) is 25.1 Å². The molecule has 2 N–H and O–H groups in total. The average molecular weight is 419 g/mol. The topological polar surface area (TPSA) is 89.6 Å². The minimum absolute atomic E-state index is 0.200. The Labute approximate surface area is 181 Å². The van der Waals surface area contributed by atoms with E-state index in [0.717, 1.165) is 17.9 Å². The number of amides is 2. The fourth-order valence-electron chi connectivity index (χ4n) is 2.74. The van der Waals surface area contributed by atoms with Crippen LogP contribution in [0.2, 0.25) is 0 Å². The van der Waals surface area contributed by atoms with Crippen LogP contribution in [0.25, 0.3) is 0 Å². The van der Waals surface area contributed by atoms with E-state index in [1.165, 1.54) is 5.56 Å². The Morgan fingerprint density at radius 1 is 0.839 bits per heavy atom. The Bertz CT molecular complexity index is 948. The summed E-state index contributed by atoms with van der Waals surface area (Å²) in [5, 5.41) is 5.41. The summed E-state index contributed by atoms with van der Waals surface area (Å²) in [6, 6.07) is 22.7. The van der Waals surface area contributed by atoms with Crippen LogP contribution in [0.3, 0.4) is 0 Å². The molecule has 0 saturated heterocycles. The minimum atomic E-state index is -0.338. The van der Waals surface area contributed by atoms with Gasteiger partial charge >= 0.3 is 0 Å². The van der Waals surface area contributed by atoms with Crippen LogP contribution in [0, 0.1) is 0 Å². The maximum atomic E-state index is 12.0. The number of pyridine rings is 1. The van der Waals surface area contributed by atoms with Gasteiger partial charge in [0.15, 0.2) is 0 Å². The van der Waals surface area contributed by atoms with Gasteiger partial charge in [-0.25, -0.2) is 0 Å². The first-order valence-corrected chi connectivity index (χ1v) is 10.00. The predicted octanol–water partition coefficient (Wildman–Crippen LogP) is 2.97. The van der Waals surface area contributed by atoms with Crippen molar-refractivity contribution in [1.82, 2.24) is 10.3 Å². The Kier molecular flexibility index (Phi) is 8.58. The second kappa shape index (κ2) is 12.1. The standard InChI is InChI=1S/C24H25N3O4/c28-23(26-16-21-8-4-5-14-25-21)17-30-18-24(29)27-20-9-11-22(12-10-20)31-15-13-19-6-2-1-3-7-19/h1-12,14H,13,15-18H2,(H,26,28)(H,27,29). The van der Waals surface area contributed by atoms with E-state index < -0.39 is 0 Å². The maximum Gasteiger partial charge on any atom is 0.250 e. The van der Waals surface area contributed by atoms with Crippen LogP contribution in [0.1, 0.15) is 11.3 Å². The number of anilines is 1. The maximum absolute atomic E-state index is 12.0. The number of carbonyl (C=O) groups is 2. The number of benzene rings is 2. The van der Waals surface area contributed by atoms with E-state index in [9.17, 15) is 9.59 Å². The normalized spacial score (nSPS) is 10.3. The zero-order chi connectivity index (χ0) is 21.7. The van der Waals surface area contributed by atoms with E-state index in [0.29, 0.717) is 18.8 Å². The van der Waals surface area contributed by atoms with Crippen molar-refractivity contribution in [3.8, 4) is 5.75 Å². The van der Waals surface area contributed by atoms with Gasteiger partial charge in [0.05, 0.1) is 18.8 Å². The van der Waals surface area contributed by atoms with Gasteiger partial charge in [-0.3, -0.25) is 14.6 Å². The second-order valence-corrected chi connectivity index (χ2v) is 6.75. The van der Waals surface area contributed by atoms with Gasteiger partial charge in [0.25, 0.3) is 0 Å². The summed E-state index contributed by atoms with van der Waals surface area (Å²) in [6.07, 6.45) is 2.48. The van der Waals surface area contributed by atoms with E-state index in [2.05, 4.69) is 27.8 Å². The van der Waals surface area contributed by atoms with Crippen molar-refractivity contribution < 1.29 is 19.1 Å². The van der Waals surface area contributed by atoms with Crippen molar-refractivity contribution in [3.05, 3.63) is 90.3 Å². The summed E-state index contributed by atoms with van der Waals surface area (Å²) >= 11 is 0. The molecule has 0 fully saturated rings. The molecule has 7 nitrogen and oxygen atoms in total. The molecule has 1 aromatic heterocycles. The van der Waals surface area contributed by atoms with E-state index in [1.807, 2.05) is 30.3 Å². The summed E-state index contributed by atoms with van der Waals surface area (Å²) < 4.78 is 10.9. The highest BCUT2D eigenvalue weighted by molar-refractivity contribution is 5.91. The Balaban J connectivity index is 1.30. The largest absolute Gasteiger partial charge is 0.493 e. The molecule has 1 heterocycles. The summed E-state index contributed by atoms with van der Waals surface area (Å²) in [5.74, 6) is 0.0838. The molecule has 0 radical (unpaired) electrons. The van der Waals surface area contributed by atoms with Crippen molar-refractivity contribution in [3.63, 3.8) is 0 Å². The predicted molar refractivity (Wildman–Crippen MR) is 118 cm³/mol. The lowest BCUT2D eigenvalue weighted by atomic mass is 10.2. The highest BCUT2D eigenvalue weighted by Crippen LogP contribution is 2.16. The Morgan fingerprint density at radius 2 is 1.58 bits per heavy atom. The molecule has 2 aromatic carbocycles. The molecule has 0 aliphatic heterocycles. The lowest BCUT2D eigenvalue weighted by molar-refractivity contribution is -0.128. The quantitative estimate of drug-likeness (QED) is 0.499. The van der Waals surface area contributed by atoms with Crippen LogP contribution in [0.4, 0.5) is 5.69 Å². The zero-order valence-corrected chi connectivity index (χ0v) is 17.1. The van der Waals surface area contributed by atoms with Gasteiger partial charge in [0.1, 0.15) is 19.0 Å². The summed E-state index contributed by atoms with van der Waals surface area (Å²) in [5.41, 5.74) is 2.60. The van der Waals surface area contributed by atoms with E-state index >= 15 is 0 Å². The molecule has 0 aliphatic rings. The SMILES string of the molecule is O=C(COCC(=O)Nc1ccc(OCCc2ccccc2)cc1)NCc1ccccn1. The molecule has 0 saturated carbocycles. The Hall–Kier alpha value is -3.71. The van der Waals surface area contributed by atoms with Gasteiger partial charge in [0, 0.05) is 18.3 Å². The summed E-state index contributed by atoms with van der Waals surface area (Å²) in [6.45, 7) is 0.474. The average Bonchev–Trinajstić information content (AvgIpc) is 2.80. The number of hydrogen-bond donors (Lipinski definition) is 2. The van der Waals surface area contributed by atoms with Crippen LogP contribution >= 0.6 is 0 Å². The van der Waals surface area contributed by atoms with Crippen LogP contribution in [0.5, 0.6) is 5.75 Å². The van der Waals surface area contributed by atoms with E-state index in [1.54, 1.807) is 36.5 Å². The number of ether oxygens (including phenoxy) is 2. The van der Waals surface area contributed by atoms with Crippen LogP contribution in [-0.2, 0) is 27.3 Å². The smallest absolute Gasteiger partial charge is 0.250 e. The molecule has 0 aliphatic carbocycles. The third-order valence-electron chi connectivity index (χ3n) is 4.30. The molecule has 0 unspecified atom stereocenters. The molecular weight excluding hydrogens is 394 g/mol. The minimum Gasteiger partial charge on any atom is -0.493 e. The molecule has 7 heteroatoms. The van der Waals surface area contributed by atoms with Crippen molar-refractivity contribution in [2.45, 2.75) is 13.0 Å². The van der Waals surface area contributed by atoms with Gasteiger partial charge in [0.2, 0.25) is 11.8 Å². The fourth-order valence-corrected chi connectivity index (χ4v) is 2.74. The molecular formula is C24H25N3O4. The molecule has 160 valence electrons. The number of nitrogens with zero attached hydrogens (tertiary/aromatic N) is 1. The van der Waals surface area contributed by atoms with Gasteiger partial charge in [-0.2, -0.15) is 0 Å². The second-order valence-electron chi connectivity index (χ2n) is 6.75. The fraction of sp³-hybridized carbons (Fsp3) is 0.208. The summed E-state index contributed by atoms with van der Waals surface area (Å²) in [7, 11) is 0. The van der Waals surface area contributed by atoms with Crippen LogP contribution < -0.4 is 15.4 Å². The highest BCUT2D eigenvalue weighted by atomic mass is 16.5. The highest BCUT2D eigenvalue weighted by Gasteiger charge is 2.06. The number of rotatable bonds is 11. The number of aromatic nitrogens is 1. The van der Waals surface area contributed by atoms with E-state index in [4.69, 9.17) is 9.47 Å². The first-order chi connectivity index (χ1) is 15.2. The molecule has 2 amide bonds. The van der Waals surface area contributed by atoms with Crippen molar-refractivity contribution in [1.29, 1.82) is 0 Å². The van der Waals surface area contributed by atoms with Gasteiger partial charge in [-0.1, -0.05) is 36.4 Å². The van der Waals surface area contributed by atoms with Gasteiger partial charge in [-0.05, 0) is 42.0 Å². The third-order valence-corrected chi connectivity index (χ3v) is 4.30. The molecule has 0 atom stereocenters. The number of carbonyl (C=O) groups excluding carboxylic acids is 2. The third kappa shape index (κ3) is 8.28. The molecule has 0 bridgehead atoms. The summed E-state index contributed by atoms with van der Waals surface area (Å²) in [4.78, 5) is 27.9. The van der Waals surface area contributed by atoms with Crippen LogP contribution in [-0.4, -0.2) is 36.6 Å². The monoisotopic (exact) mass is 419 g/mol.